The SMILES string of the molecule is CCCN(C(=O)c1sc(-c2ccc(OCC)cc2)nc1C)C1CCNCC1.Cl.Cl. The molecule has 0 aliphatic carbocycles. The van der Waals surface area contributed by atoms with Crippen LogP contribution in [0.15, 0.2) is 24.3 Å². The van der Waals surface area contributed by atoms with Crippen LogP contribution in [0.3, 0.4) is 0 Å². The first kappa shape index (κ1) is 25.7. The maximum Gasteiger partial charge on any atom is 0.266 e. The molecule has 3 rings (SSSR count). The summed E-state index contributed by atoms with van der Waals surface area (Å²) in [5.41, 5.74) is 1.85. The van der Waals surface area contributed by atoms with Crippen molar-refractivity contribution in [1.29, 1.82) is 0 Å². The lowest BCUT2D eigenvalue weighted by molar-refractivity contribution is 0.0646. The summed E-state index contributed by atoms with van der Waals surface area (Å²) < 4.78 is 5.51. The fourth-order valence-electron chi connectivity index (χ4n) is 3.52. The number of rotatable bonds is 7. The van der Waals surface area contributed by atoms with Crippen LogP contribution in [0.25, 0.3) is 10.6 Å². The Morgan fingerprint density at radius 2 is 1.86 bits per heavy atom. The van der Waals surface area contributed by atoms with Gasteiger partial charge in [0, 0.05) is 18.2 Å². The molecule has 1 saturated heterocycles. The van der Waals surface area contributed by atoms with Crippen LogP contribution in [0, 0.1) is 6.92 Å². The number of carbonyl (C=O) groups is 1. The van der Waals surface area contributed by atoms with Crippen LogP contribution in [-0.4, -0.2) is 48.1 Å². The molecule has 2 heterocycles. The average Bonchev–Trinajstić information content (AvgIpc) is 3.09. The molecule has 1 aliphatic heterocycles. The van der Waals surface area contributed by atoms with Gasteiger partial charge in [0.25, 0.3) is 5.91 Å². The molecule has 0 atom stereocenters. The summed E-state index contributed by atoms with van der Waals surface area (Å²) >= 11 is 1.50. The van der Waals surface area contributed by atoms with Crippen molar-refractivity contribution in [2.45, 2.75) is 46.1 Å². The largest absolute Gasteiger partial charge is 0.494 e. The summed E-state index contributed by atoms with van der Waals surface area (Å²) in [5, 5.41) is 4.27. The Labute approximate surface area is 190 Å². The van der Waals surface area contributed by atoms with E-state index in [4.69, 9.17) is 4.74 Å². The zero-order chi connectivity index (χ0) is 19.2. The molecule has 1 amide bonds. The second-order valence-electron chi connectivity index (χ2n) is 6.87. The Bertz CT molecular complexity index is 762. The number of piperidine rings is 1. The molecule has 0 saturated carbocycles. The van der Waals surface area contributed by atoms with Gasteiger partial charge in [-0.1, -0.05) is 6.92 Å². The highest BCUT2D eigenvalue weighted by Gasteiger charge is 2.28. The zero-order valence-electron chi connectivity index (χ0n) is 17.3. The van der Waals surface area contributed by atoms with Crippen molar-refractivity contribution < 1.29 is 9.53 Å². The number of nitrogens with zero attached hydrogens (tertiary/aromatic N) is 2. The van der Waals surface area contributed by atoms with E-state index in [0.29, 0.717) is 12.6 Å². The van der Waals surface area contributed by atoms with E-state index in [1.807, 2.05) is 38.1 Å². The summed E-state index contributed by atoms with van der Waals surface area (Å²) in [6.07, 6.45) is 3.02. The van der Waals surface area contributed by atoms with Crippen LogP contribution in [-0.2, 0) is 0 Å². The molecule has 1 aliphatic rings. The molecule has 1 N–H and O–H groups in total. The third kappa shape index (κ3) is 6.32. The molecule has 1 aromatic heterocycles. The normalized spacial score (nSPS) is 13.9. The van der Waals surface area contributed by atoms with Crippen LogP contribution < -0.4 is 10.1 Å². The molecule has 2 aromatic rings. The molecule has 162 valence electrons. The first-order chi connectivity index (χ1) is 13.1. The molecule has 0 spiro atoms. The van der Waals surface area contributed by atoms with Gasteiger partial charge in [-0.3, -0.25) is 4.79 Å². The van der Waals surface area contributed by atoms with Crippen molar-refractivity contribution in [3.8, 4) is 16.3 Å². The van der Waals surface area contributed by atoms with Gasteiger partial charge < -0.3 is 15.0 Å². The second-order valence-corrected chi connectivity index (χ2v) is 7.87. The highest BCUT2D eigenvalue weighted by molar-refractivity contribution is 7.17. The van der Waals surface area contributed by atoms with Gasteiger partial charge in [-0.25, -0.2) is 4.98 Å². The number of carbonyl (C=O) groups excluding carboxylic acids is 1. The van der Waals surface area contributed by atoms with Gasteiger partial charge >= 0.3 is 0 Å². The number of ether oxygens (including phenoxy) is 1. The van der Waals surface area contributed by atoms with E-state index in [0.717, 1.165) is 65.8 Å². The third-order valence-corrected chi connectivity index (χ3v) is 6.07. The fraction of sp³-hybridized carbons (Fsp3) is 0.524. The minimum absolute atomic E-state index is 0. The Morgan fingerprint density at radius 1 is 1.21 bits per heavy atom. The van der Waals surface area contributed by atoms with Crippen molar-refractivity contribution in [2.75, 3.05) is 26.2 Å². The van der Waals surface area contributed by atoms with E-state index >= 15 is 0 Å². The summed E-state index contributed by atoms with van der Waals surface area (Å²) in [5.74, 6) is 0.988. The quantitative estimate of drug-likeness (QED) is 0.634. The predicted octanol–water partition coefficient (Wildman–Crippen LogP) is 4.97. The molecular formula is C21H31Cl2N3O2S. The number of thiazole rings is 1. The minimum atomic E-state index is 0. The number of aryl methyl sites for hydroxylation is 1. The van der Waals surface area contributed by atoms with E-state index in [1.165, 1.54) is 11.3 Å². The van der Waals surface area contributed by atoms with E-state index in [1.54, 1.807) is 0 Å². The van der Waals surface area contributed by atoms with Crippen LogP contribution in [0.2, 0.25) is 0 Å². The van der Waals surface area contributed by atoms with Gasteiger partial charge in [-0.05, 0) is 70.5 Å². The van der Waals surface area contributed by atoms with Crippen molar-refractivity contribution in [3.05, 3.63) is 34.8 Å². The van der Waals surface area contributed by atoms with E-state index in [2.05, 4.69) is 22.1 Å². The standard InChI is InChI=1S/C21H29N3O2S.2ClH/c1-4-14-24(17-10-12-22-13-11-17)21(25)19-15(3)23-20(27-19)16-6-8-18(9-7-16)26-5-2;;/h6-9,17,22H,4-5,10-14H2,1-3H3;2*1H. The van der Waals surface area contributed by atoms with Crippen LogP contribution in [0.5, 0.6) is 5.75 Å². The molecule has 8 heteroatoms. The number of benzene rings is 1. The first-order valence-corrected chi connectivity index (χ1v) is 10.7. The summed E-state index contributed by atoms with van der Waals surface area (Å²) in [7, 11) is 0. The lowest BCUT2D eigenvalue weighted by atomic mass is 10.0. The minimum Gasteiger partial charge on any atom is -0.494 e. The van der Waals surface area contributed by atoms with Crippen molar-refractivity contribution >= 4 is 42.1 Å². The van der Waals surface area contributed by atoms with Gasteiger partial charge in [0.2, 0.25) is 0 Å². The Hall–Kier alpha value is -1.34. The molecule has 1 aromatic carbocycles. The van der Waals surface area contributed by atoms with Crippen molar-refractivity contribution in [2.24, 2.45) is 0 Å². The number of nitrogens with one attached hydrogen (secondary N) is 1. The van der Waals surface area contributed by atoms with Crippen molar-refractivity contribution in [1.82, 2.24) is 15.2 Å². The van der Waals surface area contributed by atoms with Crippen molar-refractivity contribution in [3.63, 3.8) is 0 Å². The zero-order valence-corrected chi connectivity index (χ0v) is 19.7. The molecule has 5 nitrogen and oxygen atoms in total. The van der Waals surface area contributed by atoms with Gasteiger partial charge in [0.05, 0.1) is 12.3 Å². The summed E-state index contributed by atoms with van der Waals surface area (Å²) in [6, 6.07) is 8.25. The van der Waals surface area contributed by atoms with Gasteiger partial charge in [-0.2, -0.15) is 0 Å². The van der Waals surface area contributed by atoms with Gasteiger partial charge in [0.1, 0.15) is 15.6 Å². The maximum atomic E-state index is 13.3. The topological polar surface area (TPSA) is 54.5 Å². The van der Waals surface area contributed by atoms with Gasteiger partial charge in [-0.15, -0.1) is 36.2 Å². The number of hydrogen-bond donors (Lipinski definition) is 1. The lowest BCUT2D eigenvalue weighted by Crippen LogP contribution is -2.46. The number of aromatic nitrogens is 1. The molecule has 0 radical (unpaired) electrons. The molecule has 1 fully saturated rings. The predicted molar refractivity (Wildman–Crippen MR) is 125 cm³/mol. The number of amides is 1. The van der Waals surface area contributed by atoms with Crippen LogP contribution in [0.1, 0.15) is 48.5 Å². The highest BCUT2D eigenvalue weighted by Crippen LogP contribution is 2.31. The van der Waals surface area contributed by atoms with E-state index < -0.39 is 0 Å². The van der Waals surface area contributed by atoms with E-state index in [-0.39, 0.29) is 30.7 Å². The fourth-order valence-corrected chi connectivity index (χ4v) is 4.55. The Morgan fingerprint density at radius 3 is 2.45 bits per heavy atom. The Kier molecular flexibility index (Phi) is 11.0. The second kappa shape index (κ2) is 12.4. The molecule has 0 bridgehead atoms. The monoisotopic (exact) mass is 459 g/mol. The maximum absolute atomic E-state index is 13.3. The highest BCUT2D eigenvalue weighted by atomic mass is 35.5. The smallest absolute Gasteiger partial charge is 0.266 e. The third-order valence-electron chi connectivity index (χ3n) is 4.88. The summed E-state index contributed by atoms with van der Waals surface area (Å²) in [4.78, 5) is 20.8. The summed E-state index contributed by atoms with van der Waals surface area (Å²) in [6.45, 7) is 9.47. The first-order valence-electron chi connectivity index (χ1n) is 9.86. The number of halogens is 2. The van der Waals surface area contributed by atoms with Gasteiger partial charge in [0.15, 0.2) is 0 Å². The van der Waals surface area contributed by atoms with E-state index in [9.17, 15) is 4.79 Å². The lowest BCUT2D eigenvalue weighted by Gasteiger charge is -2.34. The Balaban J connectivity index is 0.00000210. The molecule has 29 heavy (non-hydrogen) atoms. The number of hydrogen-bond acceptors (Lipinski definition) is 5. The molecular weight excluding hydrogens is 429 g/mol. The van der Waals surface area contributed by atoms with Crippen LogP contribution >= 0.6 is 36.2 Å². The molecule has 0 unspecified atom stereocenters. The average molecular weight is 460 g/mol. The van der Waals surface area contributed by atoms with Crippen LogP contribution in [0.4, 0.5) is 0 Å².